The summed E-state index contributed by atoms with van der Waals surface area (Å²) in [6, 6.07) is 5.56. The standard InChI is InChI=1S/C12H16N4O2S/c1-10(11-4-2-3-5-13-11)14-15-12(17)19-16-6-8-18-9-7-16/h2-5H,6-9H2,1H3,(H,15,17)/b14-10+. The smallest absolute Gasteiger partial charge is 0.314 e. The number of morpholine rings is 1. The van der Waals surface area contributed by atoms with Gasteiger partial charge in [0.2, 0.25) is 0 Å². The highest BCUT2D eigenvalue weighted by molar-refractivity contribution is 8.11. The van der Waals surface area contributed by atoms with Gasteiger partial charge in [0.05, 0.1) is 24.6 Å². The third-order valence-corrected chi connectivity index (χ3v) is 3.41. The van der Waals surface area contributed by atoms with Crippen LogP contribution in [0.25, 0.3) is 0 Å². The Hall–Kier alpha value is -1.44. The lowest BCUT2D eigenvalue weighted by molar-refractivity contribution is 0.0775. The monoisotopic (exact) mass is 280 g/mol. The Morgan fingerprint density at radius 3 is 2.95 bits per heavy atom. The lowest BCUT2D eigenvalue weighted by Crippen LogP contribution is -2.33. The highest BCUT2D eigenvalue weighted by Crippen LogP contribution is 2.12. The van der Waals surface area contributed by atoms with Crippen LogP contribution in [0.2, 0.25) is 0 Å². The third kappa shape index (κ3) is 4.62. The molecule has 0 unspecified atom stereocenters. The average molecular weight is 280 g/mol. The van der Waals surface area contributed by atoms with Gasteiger partial charge in [-0.05, 0) is 19.1 Å². The maximum atomic E-state index is 11.7. The van der Waals surface area contributed by atoms with Gasteiger partial charge in [0.15, 0.2) is 0 Å². The van der Waals surface area contributed by atoms with Gasteiger partial charge in [-0.25, -0.2) is 9.73 Å². The van der Waals surface area contributed by atoms with E-state index in [0.29, 0.717) is 18.9 Å². The van der Waals surface area contributed by atoms with Crippen molar-refractivity contribution in [1.29, 1.82) is 0 Å². The maximum Gasteiger partial charge on any atom is 0.314 e. The minimum Gasteiger partial charge on any atom is -0.379 e. The van der Waals surface area contributed by atoms with Gasteiger partial charge in [-0.2, -0.15) is 5.10 Å². The summed E-state index contributed by atoms with van der Waals surface area (Å²) >= 11 is 1.13. The van der Waals surface area contributed by atoms with Crippen LogP contribution < -0.4 is 5.43 Å². The molecule has 1 N–H and O–H groups in total. The van der Waals surface area contributed by atoms with Crippen LogP contribution in [0.4, 0.5) is 4.79 Å². The second-order valence-corrected chi connectivity index (χ2v) is 5.01. The van der Waals surface area contributed by atoms with Crippen LogP contribution in [0.5, 0.6) is 0 Å². The van der Waals surface area contributed by atoms with Gasteiger partial charge in [0.25, 0.3) is 0 Å². The molecule has 1 amide bonds. The molecule has 2 rings (SSSR count). The predicted molar refractivity (Wildman–Crippen MR) is 75.0 cm³/mol. The molecular weight excluding hydrogens is 264 g/mol. The van der Waals surface area contributed by atoms with E-state index in [1.807, 2.05) is 29.4 Å². The van der Waals surface area contributed by atoms with Crippen molar-refractivity contribution < 1.29 is 9.53 Å². The van der Waals surface area contributed by atoms with Gasteiger partial charge in [-0.3, -0.25) is 9.78 Å². The summed E-state index contributed by atoms with van der Waals surface area (Å²) in [5.74, 6) is 0. The van der Waals surface area contributed by atoms with Gasteiger partial charge >= 0.3 is 5.24 Å². The number of pyridine rings is 1. The number of hydrazone groups is 1. The van der Waals surface area contributed by atoms with Crippen molar-refractivity contribution in [1.82, 2.24) is 14.7 Å². The number of amides is 1. The molecular formula is C12H16N4O2S. The summed E-state index contributed by atoms with van der Waals surface area (Å²) in [5, 5.41) is 3.84. The molecule has 0 aromatic carbocycles. The first kappa shape index (κ1) is 14.0. The zero-order valence-corrected chi connectivity index (χ0v) is 11.5. The molecule has 1 aliphatic heterocycles. The molecule has 0 atom stereocenters. The first-order valence-corrected chi connectivity index (χ1v) is 6.79. The SMILES string of the molecule is C/C(=N\NC(=O)SN1CCOCC1)c1ccccn1. The molecule has 0 aliphatic carbocycles. The fourth-order valence-electron chi connectivity index (χ4n) is 1.54. The molecule has 1 saturated heterocycles. The Morgan fingerprint density at radius 1 is 1.47 bits per heavy atom. The van der Waals surface area contributed by atoms with E-state index in [0.717, 1.165) is 30.7 Å². The van der Waals surface area contributed by atoms with Crippen molar-refractivity contribution >= 4 is 22.9 Å². The molecule has 102 valence electrons. The number of nitrogens with zero attached hydrogens (tertiary/aromatic N) is 3. The molecule has 0 spiro atoms. The van der Waals surface area contributed by atoms with Crippen molar-refractivity contribution in [2.24, 2.45) is 5.10 Å². The van der Waals surface area contributed by atoms with Crippen molar-refractivity contribution in [2.45, 2.75) is 6.92 Å². The van der Waals surface area contributed by atoms with E-state index in [2.05, 4.69) is 15.5 Å². The van der Waals surface area contributed by atoms with E-state index in [1.54, 1.807) is 6.20 Å². The van der Waals surface area contributed by atoms with Crippen molar-refractivity contribution in [3.63, 3.8) is 0 Å². The Labute approximate surface area is 116 Å². The summed E-state index contributed by atoms with van der Waals surface area (Å²) in [5.41, 5.74) is 3.94. The van der Waals surface area contributed by atoms with E-state index in [-0.39, 0.29) is 5.24 Å². The molecule has 7 heteroatoms. The van der Waals surface area contributed by atoms with E-state index in [4.69, 9.17) is 4.74 Å². The molecule has 0 radical (unpaired) electrons. The van der Waals surface area contributed by atoms with Gasteiger partial charge in [0, 0.05) is 31.2 Å². The number of rotatable bonds is 3. The number of hydrogen-bond donors (Lipinski definition) is 1. The lowest BCUT2D eigenvalue weighted by atomic mass is 10.3. The summed E-state index contributed by atoms with van der Waals surface area (Å²) in [6.07, 6.45) is 1.69. The Kier molecular flexibility index (Phi) is 5.31. The molecule has 6 nitrogen and oxygen atoms in total. The third-order valence-electron chi connectivity index (χ3n) is 2.53. The zero-order valence-electron chi connectivity index (χ0n) is 10.7. The van der Waals surface area contributed by atoms with Gasteiger partial charge in [-0.15, -0.1) is 0 Å². The van der Waals surface area contributed by atoms with E-state index in [9.17, 15) is 4.79 Å². The summed E-state index contributed by atoms with van der Waals surface area (Å²) in [6.45, 7) is 4.64. The van der Waals surface area contributed by atoms with Gasteiger partial charge in [0.1, 0.15) is 0 Å². The van der Waals surface area contributed by atoms with E-state index >= 15 is 0 Å². The molecule has 1 fully saturated rings. The minimum atomic E-state index is -0.197. The topological polar surface area (TPSA) is 66.8 Å². The second-order valence-electron chi connectivity index (χ2n) is 3.94. The van der Waals surface area contributed by atoms with Crippen molar-refractivity contribution in [2.75, 3.05) is 26.3 Å². The van der Waals surface area contributed by atoms with Gasteiger partial charge in [-0.1, -0.05) is 6.07 Å². The number of aromatic nitrogens is 1. The summed E-state index contributed by atoms with van der Waals surface area (Å²) < 4.78 is 7.18. The van der Waals surface area contributed by atoms with Crippen LogP contribution in [0.15, 0.2) is 29.5 Å². The molecule has 1 aliphatic rings. The zero-order chi connectivity index (χ0) is 13.5. The first-order valence-electron chi connectivity index (χ1n) is 6.02. The molecule has 0 bridgehead atoms. The van der Waals surface area contributed by atoms with Crippen LogP contribution in [-0.2, 0) is 4.74 Å². The van der Waals surface area contributed by atoms with Crippen LogP contribution >= 0.6 is 11.9 Å². The van der Waals surface area contributed by atoms with Crippen LogP contribution in [0, 0.1) is 0 Å². The lowest BCUT2D eigenvalue weighted by Gasteiger charge is -2.23. The van der Waals surface area contributed by atoms with E-state index in [1.165, 1.54) is 0 Å². The molecule has 19 heavy (non-hydrogen) atoms. The van der Waals surface area contributed by atoms with Crippen molar-refractivity contribution in [3.05, 3.63) is 30.1 Å². The van der Waals surface area contributed by atoms with E-state index < -0.39 is 0 Å². The number of nitrogens with one attached hydrogen (secondary N) is 1. The second kappa shape index (κ2) is 7.22. The number of ether oxygens (including phenoxy) is 1. The van der Waals surface area contributed by atoms with Crippen LogP contribution in [0.3, 0.4) is 0 Å². The molecule has 0 saturated carbocycles. The Morgan fingerprint density at radius 2 is 2.26 bits per heavy atom. The molecule has 1 aromatic heterocycles. The Balaban J connectivity index is 1.82. The maximum absolute atomic E-state index is 11.7. The van der Waals surface area contributed by atoms with Crippen LogP contribution in [0.1, 0.15) is 12.6 Å². The highest BCUT2D eigenvalue weighted by Gasteiger charge is 2.14. The number of hydrogen-bond acceptors (Lipinski definition) is 6. The average Bonchev–Trinajstić information content (AvgIpc) is 2.47. The normalized spacial score (nSPS) is 17.2. The summed E-state index contributed by atoms with van der Waals surface area (Å²) in [4.78, 5) is 15.8. The van der Waals surface area contributed by atoms with Gasteiger partial charge < -0.3 is 4.74 Å². The minimum absolute atomic E-state index is 0.197. The fraction of sp³-hybridized carbons (Fsp3) is 0.417. The highest BCUT2D eigenvalue weighted by atomic mass is 32.2. The summed E-state index contributed by atoms with van der Waals surface area (Å²) in [7, 11) is 0. The number of carbonyl (C=O) groups is 1. The first-order chi connectivity index (χ1) is 9.25. The molecule has 1 aromatic rings. The number of carbonyl (C=O) groups excluding carboxylic acids is 1. The fourth-order valence-corrected chi connectivity index (χ4v) is 2.19. The van der Waals surface area contributed by atoms with Crippen molar-refractivity contribution in [3.8, 4) is 0 Å². The predicted octanol–water partition coefficient (Wildman–Crippen LogP) is 1.50. The largest absolute Gasteiger partial charge is 0.379 e. The van der Waals surface area contributed by atoms with Crippen LogP contribution in [-0.4, -0.2) is 46.5 Å². The Bertz CT molecular complexity index is 446. The molecule has 2 heterocycles. The quantitative estimate of drug-likeness (QED) is 0.516.